The van der Waals surface area contributed by atoms with Crippen LogP contribution in [0.15, 0.2) is 75.7 Å². The largest absolute Gasteiger partial charge is 0.491 e. The maximum atomic E-state index is 14.1. The summed E-state index contributed by atoms with van der Waals surface area (Å²) in [6.07, 6.45) is 1.88. The van der Waals surface area contributed by atoms with E-state index in [2.05, 4.69) is 9.56 Å². The molecule has 10 heteroatoms. The third-order valence-corrected chi connectivity index (χ3v) is 8.46. The second kappa shape index (κ2) is 13.1. The van der Waals surface area contributed by atoms with E-state index in [1.165, 1.54) is 11.3 Å². The van der Waals surface area contributed by atoms with Gasteiger partial charge in [-0.3, -0.25) is 9.36 Å². The zero-order chi connectivity index (χ0) is 32.4. The summed E-state index contributed by atoms with van der Waals surface area (Å²) in [6.45, 7) is 13.7. The van der Waals surface area contributed by atoms with E-state index in [0.717, 1.165) is 28.2 Å². The molecule has 0 bridgehead atoms. The van der Waals surface area contributed by atoms with Gasteiger partial charge >= 0.3 is 11.9 Å². The molecule has 0 spiro atoms. The number of benzene rings is 2. The predicted molar refractivity (Wildman–Crippen MR) is 174 cm³/mol. The van der Waals surface area contributed by atoms with Gasteiger partial charge in [0.15, 0.2) is 4.80 Å². The van der Waals surface area contributed by atoms with Gasteiger partial charge in [-0.25, -0.2) is 14.6 Å². The first kappa shape index (κ1) is 31.7. The third kappa shape index (κ3) is 6.28. The van der Waals surface area contributed by atoms with Gasteiger partial charge in [-0.15, -0.1) is 0 Å². The van der Waals surface area contributed by atoms with E-state index in [-0.39, 0.29) is 24.2 Å². The average molecular weight is 628 g/mol. The highest BCUT2D eigenvalue weighted by atomic mass is 32.1. The van der Waals surface area contributed by atoms with E-state index < -0.39 is 12.0 Å². The third-order valence-electron chi connectivity index (χ3n) is 7.48. The lowest BCUT2D eigenvalue weighted by Crippen LogP contribution is -2.39. The van der Waals surface area contributed by atoms with Gasteiger partial charge in [0.2, 0.25) is 0 Å². The molecular weight excluding hydrogens is 590 g/mol. The molecule has 5 rings (SSSR count). The van der Waals surface area contributed by atoms with Crippen molar-refractivity contribution in [1.29, 1.82) is 0 Å². The molecule has 2 aromatic heterocycles. The molecule has 0 N–H and O–H groups in total. The minimum absolute atomic E-state index is 0.0108. The minimum Gasteiger partial charge on any atom is -0.491 e. The number of carbonyl (C=O) groups is 2. The minimum atomic E-state index is -0.708. The Labute approximate surface area is 265 Å². The van der Waals surface area contributed by atoms with Crippen molar-refractivity contribution in [1.82, 2.24) is 9.13 Å². The van der Waals surface area contributed by atoms with Crippen LogP contribution in [-0.4, -0.2) is 40.4 Å². The van der Waals surface area contributed by atoms with Gasteiger partial charge in [-0.2, -0.15) is 0 Å². The fraction of sp³-hybridized carbons (Fsp3) is 0.314. The number of aromatic nitrogens is 2. The van der Waals surface area contributed by atoms with Gasteiger partial charge in [-0.1, -0.05) is 23.5 Å². The van der Waals surface area contributed by atoms with Crippen LogP contribution in [0.4, 0.5) is 0 Å². The summed E-state index contributed by atoms with van der Waals surface area (Å²) in [5, 5.41) is 0. The van der Waals surface area contributed by atoms with Crippen LogP contribution in [0.25, 0.3) is 11.8 Å². The molecule has 0 unspecified atom stereocenters. The summed E-state index contributed by atoms with van der Waals surface area (Å²) >= 11 is 1.28. The SMILES string of the molecule is CCOC(=O)C1=C(C)N=c2s/c(=C\c3cc(C)n(-c4ccc(C(=O)OCC)cc4)c3C)c(=O)n2[C@@H]1c1ccc(OC(C)C)cc1. The maximum Gasteiger partial charge on any atom is 0.338 e. The number of rotatable bonds is 9. The van der Waals surface area contributed by atoms with Crippen LogP contribution in [0, 0.1) is 13.8 Å². The molecule has 0 saturated carbocycles. The molecule has 1 aliphatic rings. The number of hydrogen-bond acceptors (Lipinski definition) is 8. The van der Waals surface area contributed by atoms with Crippen molar-refractivity contribution in [2.45, 2.75) is 60.6 Å². The molecule has 2 aromatic carbocycles. The second-order valence-corrected chi connectivity index (χ2v) is 12.0. The van der Waals surface area contributed by atoms with Crippen molar-refractivity contribution in [3.05, 3.63) is 114 Å². The summed E-state index contributed by atoms with van der Waals surface area (Å²) in [5.74, 6) is -0.163. The molecule has 0 saturated heterocycles. The van der Waals surface area contributed by atoms with E-state index in [1.54, 1.807) is 37.5 Å². The number of aryl methyl sites for hydroxylation is 1. The van der Waals surface area contributed by atoms with Gasteiger partial charge in [0.05, 0.1) is 46.7 Å². The fourth-order valence-electron chi connectivity index (χ4n) is 5.54. The molecule has 4 aromatic rings. The van der Waals surface area contributed by atoms with E-state index >= 15 is 0 Å². The first-order chi connectivity index (χ1) is 21.5. The number of fused-ring (bicyclic) bond motifs is 1. The quantitative estimate of drug-likeness (QED) is 0.238. The molecule has 3 heterocycles. The van der Waals surface area contributed by atoms with Crippen LogP contribution in [0.2, 0.25) is 0 Å². The fourth-order valence-corrected chi connectivity index (χ4v) is 6.58. The number of nitrogens with zero attached hydrogens (tertiary/aromatic N) is 3. The Kier molecular flexibility index (Phi) is 9.24. The van der Waals surface area contributed by atoms with E-state index in [0.29, 0.717) is 38.5 Å². The van der Waals surface area contributed by atoms with Crippen LogP contribution in [0.3, 0.4) is 0 Å². The number of ether oxygens (including phenoxy) is 3. The summed E-state index contributed by atoms with van der Waals surface area (Å²) in [7, 11) is 0. The Hall–Kier alpha value is -4.70. The molecule has 1 aliphatic heterocycles. The average Bonchev–Trinajstić information content (AvgIpc) is 3.46. The molecule has 45 heavy (non-hydrogen) atoms. The van der Waals surface area contributed by atoms with Crippen molar-refractivity contribution >= 4 is 29.4 Å². The van der Waals surface area contributed by atoms with E-state index in [9.17, 15) is 14.4 Å². The topological polar surface area (TPSA) is 101 Å². The van der Waals surface area contributed by atoms with Crippen LogP contribution in [-0.2, 0) is 14.3 Å². The summed E-state index contributed by atoms with van der Waals surface area (Å²) in [6, 6.07) is 16.0. The van der Waals surface area contributed by atoms with E-state index in [4.69, 9.17) is 14.2 Å². The highest BCUT2D eigenvalue weighted by molar-refractivity contribution is 7.07. The number of thiazole rings is 1. The lowest BCUT2D eigenvalue weighted by atomic mass is 9.96. The first-order valence-electron chi connectivity index (χ1n) is 15.0. The van der Waals surface area contributed by atoms with Crippen molar-refractivity contribution in [2.24, 2.45) is 4.99 Å². The van der Waals surface area contributed by atoms with Crippen molar-refractivity contribution in [2.75, 3.05) is 13.2 Å². The smallest absolute Gasteiger partial charge is 0.338 e. The van der Waals surface area contributed by atoms with Crippen LogP contribution >= 0.6 is 11.3 Å². The molecule has 1 atom stereocenters. The standard InChI is InChI=1S/C35H37N3O6S/c1-8-42-33(40)25-10-14-27(15-11-25)37-21(5)18-26(23(37)7)19-29-32(39)38-31(24-12-16-28(17-13-24)44-20(3)4)30(34(41)43-9-2)22(6)36-35(38)45-29/h10-20,31H,8-9H2,1-7H3/b29-19-/t31-/m1/s1. The molecule has 0 amide bonds. The summed E-state index contributed by atoms with van der Waals surface area (Å²) in [4.78, 5) is 44.6. The maximum absolute atomic E-state index is 14.1. The lowest BCUT2D eigenvalue weighted by Gasteiger charge is -2.25. The summed E-state index contributed by atoms with van der Waals surface area (Å²) < 4.78 is 20.5. The van der Waals surface area contributed by atoms with Crippen LogP contribution in [0.1, 0.15) is 73.5 Å². The van der Waals surface area contributed by atoms with Crippen molar-refractivity contribution in [3.63, 3.8) is 0 Å². The highest BCUT2D eigenvalue weighted by Crippen LogP contribution is 2.32. The highest BCUT2D eigenvalue weighted by Gasteiger charge is 2.33. The Morgan fingerprint density at radius 2 is 1.60 bits per heavy atom. The van der Waals surface area contributed by atoms with Gasteiger partial charge in [-0.05, 0) is 108 Å². The number of carbonyl (C=O) groups excluding carboxylic acids is 2. The number of esters is 2. The Bertz CT molecular complexity index is 1960. The van der Waals surface area contributed by atoms with Gasteiger partial charge in [0.1, 0.15) is 5.75 Å². The zero-order valence-corrected chi connectivity index (χ0v) is 27.4. The lowest BCUT2D eigenvalue weighted by molar-refractivity contribution is -0.139. The molecule has 0 aliphatic carbocycles. The first-order valence-corrected chi connectivity index (χ1v) is 15.8. The Morgan fingerprint density at radius 1 is 0.956 bits per heavy atom. The molecule has 234 valence electrons. The van der Waals surface area contributed by atoms with Crippen LogP contribution in [0.5, 0.6) is 5.75 Å². The Balaban J connectivity index is 1.60. The normalized spacial score (nSPS) is 14.8. The number of hydrogen-bond donors (Lipinski definition) is 0. The molecule has 9 nitrogen and oxygen atoms in total. The monoisotopic (exact) mass is 627 g/mol. The molecule has 0 fully saturated rings. The van der Waals surface area contributed by atoms with E-state index in [1.807, 2.05) is 76.2 Å². The predicted octanol–water partition coefficient (Wildman–Crippen LogP) is 5.17. The zero-order valence-electron chi connectivity index (χ0n) is 26.5. The van der Waals surface area contributed by atoms with Crippen LogP contribution < -0.4 is 19.6 Å². The van der Waals surface area contributed by atoms with Crippen molar-refractivity contribution in [3.8, 4) is 11.4 Å². The van der Waals surface area contributed by atoms with Crippen molar-refractivity contribution < 1.29 is 23.8 Å². The van der Waals surface area contributed by atoms with Gasteiger partial charge in [0, 0.05) is 17.1 Å². The van der Waals surface area contributed by atoms with Gasteiger partial charge < -0.3 is 18.8 Å². The second-order valence-electron chi connectivity index (χ2n) is 11.0. The van der Waals surface area contributed by atoms with Gasteiger partial charge in [0.25, 0.3) is 5.56 Å². The summed E-state index contributed by atoms with van der Waals surface area (Å²) in [5.41, 5.74) is 5.50. The number of allylic oxidation sites excluding steroid dienone is 1. The Morgan fingerprint density at radius 3 is 2.22 bits per heavy atom. The molecular formula is C35H37N3O6S. The molecule has 0 radical (unpaired) electrons.